The Bertz CT molecular complexity index is 872. The molecule has 0 radical (unpaired) electrons. The Balaban J connectivity index is 2.04. The number of anilines is 1. The molecule has 0 bridgehead atoms. The van der Waals surface area contributed by atoms with E-state index in [4.69, 9.17) is 5.73 Å². The number of hydrogen-bond acceptors (Lipinski definition) is 5. The minimum atomic E-state index is -2.30. The second-order valence-corrected chi connectivity index (χ2v) is 5.34. The Labute approximate surface area is 131 Å². The maximum absolute atomic E-state index is 11.1. The van der Waals surface area contributed by atoms with E-state index >= 15 is 0 Å². The van der Waals surface area contributed by atoms with Crippen LogP contribution in [0.4, 0.5) is 5.69 Å². The number of hydrogen-bond donors (Lipinski definition) is 1. The van der Waals surface area contributed by atoms with Gasteiger partial charge in [-0.05, 0) is 17.0 Å². The van der Waals surface area contributed by atoms with Crippen LogP contribution in [0.2, 0.25) is 0 Å². The van der Waals surface area contributed by atoms with Crippen molar-refractivity contribution in [2.75, 3.05) is 5.73 Å². The van der Waals surface area contributed by atoms with E-state index in [0.29, 0.717) is 16.8 Å². The number of fused-ring (bicyclic) bond motifs is 1. The number of benzene rings is 2. The molecule has 1 aliphatic rings. The quantitative estimate of drug-likeness (QED) is 0.405. The molecule has 2 aromatic carbocycles. The van der Waals surface area contributed by atoms with Gasteiger partial charge in [-0.15, -0.1) is 0 Å². The molecule has 0 amide bonds. The van der Waals surface area contributed by atoms with E-state index in [9.17, 15) is 20.2 Å². The third-order valence-corrected chi connectivity index (χ3v) is 4.07. The zero-order chi connectivity index (χ0) is 16.6. The van der Waals surface area contributed by atoms with Gasteiger partial charge < -0.3 is 5.73 Å². The second-order valence-electron chi connectivity index (χ2n) is 5.34. The van der Waals surface area contributed by atoms with Gasteiger partial charge in [-0.1, -0.05) is 42.5 Å². The summed E-state index contributed by atoms with van der Waals surface area (Å²) >= 11 is 0. The van der Waals surface area contributed by atoms with Gasteiger partial charge in [0.2, 0.25) is 0 Å². The molecule has 1 aliphatic carbocycles. The molecule has 0 aliphatic heterocycles. The lowest BCUT2D eigenvalue weighted by molar-refractivity contribution is -0.780. The highest BCUT2D eigenvalue weighted by Crippen LogP contribution is 2.34. The lowest BCUT2D eigenvalue weighted by Crippen LogP contribution is -2.44. The Morgan fingerprint density at radius 3 is 2.35 bits per heavy atom. The van der Waals surface area contributed by atoms with Gasteiger partial charge in [-0.25, -0.2) is 0 Å². The first kappa shape index (κ1) is 14.7. The molecule has 0 atom stereocenters. The molecular weight excluding hydrogens is 298 g/mol. The summed E-state index contributed by atoms with van der Waals surface area (Å²) in [6.07, 6.45) is 3.60. The predicted octanol–water partition coefficient (Wildman–Crippen LogP) is 3.02. The molecule has 0 aromatic heterocycles. The Morgan fingerprint density at radius 2 is 1.74 bits per heavy atom. The average molecular weight is 311 g/mol. The topological polar surface area (TPSA) is 112 Å². The van der Waals surface area contributed by atoms with Crippen LogP contribution < -0.4 is 5.73 Å². The van der Waals surface area contributed by atoms with Gasteiger partial charge >= 0.3 is 5.66 Å². The van der Waals surface area contributed by atoms with Crippen LogP contribution in [-0.2, 0) is 0 Å². The highest BCUT2D eigenvalue weighted by molar-refractivity contribution is 5.99. The van der Waals surface area contributed by atoms with Crippen molar-refractivity contribution in [1.82, 2.24) is 0 Å². The van der Waals surface area contributed by atoms with Crippen molar-refractivity contribution in [1.29, 1.82) is 0 Å². The molecule has 116 valence electrons. The van der Waals surface area contributed by atoms with Crippen molar-refractivity contribution in [3.8, 4) is 0 Å². The van der Waals surface area contributed by atoms with E-state index in [1.165, 1.54) is 12.2 Å². The molecular formula is C16H13N3O4. The molecule has 2 aromatic rings. The molecule has 2 N–H and O–H groups in total. The normalized spacial score (nSPS) is 16.1. The monoisotopic (exact) mass is 311 g/mol. The predicted molar refractivity (Wildman–Crippen MR) is 86.8 cm³/mol. The van der Waals surface area contributed by atoms with Gasteiger partial charge in [0.25, 0.3) is 0 Å². The van der Waals surface area contributed by atoms with Crippen LogP contribution in [0.5, 0.6) is 0 Å². The van der Waals surface area contributed by atoms with Crippen LogP contribution in [-0.4, -0.2) is 15.5 Å². The number of rotatable bonds is 3. The van der Waals surface area contributed by atoms with E-state index in [2.05, 4.69) is 0 Å². The third kappa shape index (κ3) is 2.22. The van der Waals surface area contributed by atoms with Crippen LogP contribution in [0.15, 0.2) is 54.6 Å². The molecule has 0 saturated carbocycles. The summed E-state index contributed by atoms with van der Waals surface area (Å²) in [5.41, 5.74) is 5.80. The zero-order valence-electron chi connectivity index (χ0n) is 12.0. The SMILES string of the molecule is Nc1c(C2=CCC([N+](=O)[O-])([N+](=O)[O-])C=C2)ccc2ccccc12. The molecule has 23 heavy (non-hydrogen) atoms. The first-order chi connectivity index (χ1) is 11.0. The summed E-state index contributed by atoms with van der Waals surface area (Å²) in [6, 6.07) is 11.3. The Hall–Kier alpha value is -3.22. The average Bonchev–Trinajstić information content (AvgIpc) is 2.55. The molecule has 0 spiro atoms. The van der Waals surface area contributed by atoms with Gasteiger partial charge in [0, 0.05) is 16.6 Å². The maximum atomic E-state index is 11.1. The molecule has 0 fully saturated rings. The molecule has 0 saturated heterocycles. The number of nitrogens with zero attached hydrogens (tertiary/aromatic N) is 2. The van der Waals surface area contributed by atoms with Crippen LogP contribution in [0.3, 0.4) is 0 Å². The Morgan fingerprint density at radius 1 is 1.04 bits per heavy atom. The first-order valence-electron chi connectivity index (χ1n) is 6.92. The number of nitrogens with two attached hydrogens (primary N) is 1. The summed E-state index contributed by atoms with van der Waals surface area (Å²) in [7, 11) is 0. The lowest BCUT2D eigenvalue weighted by atomic mass is 9.91. The van der Waals surface area contributed by atoms with E-state index in [-0.39, 0.29) is 6.42 Å². The van der Waals surface area contributed by atoms with Crippen molar-refractivity contribution in [3.05, 3.63) is 80.4 Å². The maximum Gasteiger partial charge on any atom is 0.481 e. The first-order valence-corrected chi connectivity index (χ1v) is 6.92. The fraction of sp³-hybridized carbons (Fsp3) is 0.125. The summed E-state index contributed by atoms with van der Waals surface area (Å²) in [5.74, 6) is 0. The number of nitro groups is 2. The highest BCUT2D eigenvalue weighted by Gasteiger charge is 2.53. The van der Waals surface area contributed by atoms with E-state index in [0.717, 1.165) is 16.8 Å². The molecule has 0 heterocycles. The third-order valence-electron chi connectivity index (χ3n) is 4.07. The minimum Gasteiger partial charge on any atom is -0.398 e. The standard InChI is InChI=1S/C16H13N3O4/c17-15-13-4-2-1-3-11(13)5-6-14(15)12-7-9-16(10-8-12,18(20)21)19(22)23/h1-9H,10,17H2. The minimum absolute atomic E-state index is 0.314. The number of allylic oxidation sites excluding steroid dienone is 2. The zero-order valence-corrected chi connectivity index (χ0v) is 12.0. The van der Waals surface area contributed by atoms with E-state index in [1.807, 2.05) is 36.4 Å². The fourth-order valence-corrected chi connectivity index (χ4v) is 2.70. The summed E-state index contributed by atoms with van der Waals surface area (Å²) in [6.45, 7) is 0. The van der Waals surface area contributed by atoms with Gasteiger partial charge in [0.15, 0.2) is 0 Å². The van der Waals surface area contributed by atoms with Gasteiger partial charge in [0.1, 0.15) is 16.3 Å². The van der Waals surface area contributed by atoms with Gasteiger partial charge in [-0.3, -0.25) is 20.2 Å². The Kier molecular flexibility index (Phi) is 3.33. The van der Waals surface area contributed by atoms with Crippen molar-refractivity contribution in [2.24, 2.45) is 0 Å². The van der Waals surface area contributed by atoms with E-state index < -0.39 is 15.5 Å². The van der Waals surface area contributed by atoms with Crippen molar-refractivity contribution < 1.29 is 9.85 Å². The van der Waals surface area contributed by atoms with Gasteiger partial charge in [0.05, 0.1) is 6.08 Å². The van der Waals surface area contributed by atoms with Crippen LogP contribution in [0.25, 0.3) is 16.3 Å². The molecule has 3 rings (SSSR count). The van der Waals surface area contributed by atoms with Crippen LogP contribution in [0.1, 0.15) is 12.0 Å². The smallest absolute Gasteiger partial charge is 0.398 e. The lowest BCUT2D eigenvalue weighted by Gasteiger charge is -2.17. The molecule has 0 unspecified atom stereocenters. The fourth-order valence-electron chi connectivity index (χ4n) is 2.70. The summed E-state index contributed by atoms with van der Waals surface area (Å²) in [5, 5.41) is 24.0. The van der Waals surface area contributed by atoms with Crippen LogP contribution >= 0.6 is 0 Å². The summed E-state index contributed by atoms with van der Waals surface area (Å²) < 4.78 is 0. The van der Waals surface area contributed by atoms with Crippen molar-refractivity contribution in [3.63, 3.8) is 0 Å². The van der Waals surface area contributed by atoms with Gasteiger partial charge in [-0.2, -0.15) is 0 Å². The number of nitrogen functional groups attached to an aromatic ring is 1. The molecule has 7 nitrogen and oxygen atoms in total. The van der Waals surface area contributed by atoms with Crippen LogP contribution in [0, 0.1) is 20.2 Å². The summed E-state index contributed by atoms with van der Waals surface area (Å²) in [4.78, 5) is 20.4. The van der Waals surface area contributed by atoms with E-state index in [1.54, 1.807) is 0 Å². The largest absolute Gasteiger partial charge is 0.481 e. The van der Waals surface area contributed by atoms with Crippen molar-refractivity contribution >= 4 is 22.0 Å². The van der Waals surface area contributed by atoms with Crippen molar-refractivity contribution in [2.45, 2.75) is 12.1 Å². The highest BCUT2D eigenvalue weighted by atomic mass is 16.7. The molecule has 7 heteroatoms. The second kappa shape index (κ2) is 5.20.